The van der Waals surface area contributed by atoms with Gasteiger partial charge < -0.3 is 10.3 Å². The second-order valence-corrected chi connectivity index (χ2v) is 4.58. The first-order chi connectivity index (χ1) is 8.31. The van der Waals surface area contributed by atoms with E-state index in [1.54, 1.807) is 18.3 Å². The zero-order chi connectivity index (χ0) is 12.1. The quantitative estimate of drug-likeness (QED) is 0.797. The van der Waals surface area contributed by atoms with Crippen LogP contribution in [-0.2, 0) is 0 Å². The molecule has 2 heterocycles. The topological polar surface area (TPSA) is 70.7 Å². The lowest BCUT2D eigenvalue weighted by atomic mass is 10.3. The molecular weight excluding hydrogens is 236 g/mol. The van der Waals surface area contributed by atoms with E-state index in [1.807, 2.05) is 0 Å². The van der Waals surface area contributed by atoms with Gasteiger partial charge in [-0.2, -0.15) is 0 Å². The summed E-state index contributed by atoms with van der Waals surface area (Å²) in [6.07, 6.45) is 3.84. The summed E-state index contributed by atoms with van der Waals surface area (Å²) >= 11 is 1.40. The standard InChI is InChI=1S/C11H14N4OS/c1-2-3-6-13-11-15-14-10(17-11)8-5-4-7-12-9(8)16/h4-5,7H,2-3,6H2,1H3,(H,12,16)(H,13,15). The predicted octanol–water partition coefficient (Wildman–Crippen LogP) is 2.11. The average Bonchev–Trinajstić information content (AvgIpc) is 2.79. The smallest absolute Gasteiger partial charge is 0.258 e. The molecule has 0 aliphatic heterocycles. The fraction of sp³-hybridized carbons (Fsp3) is 0.364. The summed E-state index contributed by atoms with van der Waals surface area (Å²) in [4.78, 5) is 14.2. The van der Waals surface area contributed by atoms with Crippen LogP contribution in [0.25, 0.3) is 10.6 Å². The van der Waals surface area contributed by atoms with Crippen LogP contribution in [0.15, 0.2) is 23.1 Å². The van der Waals surface area contributed by atoms with Gasteiger partial charge in [-0.25, -0.2) is 0 Å². The lowest BCUT2D eigenvalue weighted by Gasteiger charge is -1.97. The molecule has 0 aliphatic rings. The maximum atomic E-state index is 11.6. The molecular formula is C11H14N4OS. The Labute approximate surface area is 103 Å². The second kappa shape index (κ2) is 5.58. The normalized spacial score (nSPS) is 10.4. The van der Waals surface area contributed by atoms with Crippen LogP contribution >= 0.6 is 11.3 Å². The van der Waals surface area contributed by atoms with Crippen molar-refractivity contribution in [1.29, 1.82) is 0 Å². The van der Waals surface area contributed by atoms with E-state index in [0.717, 1.165) is 24.5 Å². The highest BCUT2D eigenvalue weighted by molar-refractivity contribution is 7.18. The largest absolute Gasteiger partial charge is 0.360 e. The zero-order valence-electron chi connectivity index (χ0n) is 9.56. The summed E-state index contributed by atoms with van der Waals surface area (Å²) in [5.74, 6) is 0. The molecule has 5 nitrogen and oxygen atoms in total. The summed E-state index contributed by atoms with van der Waals surface area (Å²) in [6, 6.07) is 3.53. The predicted molar refractivity (Wildman–Crippen MR) is 69.4 cm³/mol. The van der Waals surface area contributed by atoms with Gasteiger partial charge in [-0.15, -0.1) is 10.2 Å². The molecule has 0 amide bonds. The molecule has 0 saturated carbocycles. The number of H-pyrrole nitrogens is 1. The van der Waals surface area contributed by atoms with Gasteiger partial charge >= 0.3 is 0 Å². The summed E-state index contributed by atoms with van der Waals surface area (Å²) in [7, 11) is 0. The lowest BCUT2D eigenvalue weighted by molar-refractivity contribution is 0.831. The molecule has 0 saturated heterocycles. The summed E-state index contributed by atoms with van der Waals surface area (Å²) in [5, 5.41) is 12.6. The van der Waals surface area contributed by atoms with Crippen molar-refractivity contribution in [3.63, 3.8) is 0 Å². The van der Waals surface area contributed by atoms with Crippen molar-refractivity contribution in [3.8, 4) is 10.6 Å². The van der Waals surface area contributed by atoms with Crippen LogP contribution in [0, 0.1) is 0 Å². The Bertz CT molecular complexity index is 534. The molecule has 0 fully saturated rings. The maximum Gasteiger partial charge on any atom is 0.258 e. The number of unbranched alkanes of at least 4 members (excludes halogenated alkanes) is 1. The average molecular weight is 250 g/mol. The molecule has 0 radical (unpaired) electrons. The van der Waals surface area contributed by atoms with Crippen molar-refractivity contribution >= 4 is 16.5 Å². The highest BCUT2D eigenvalue weighted by atomic mass is 32.1. The van der Waals surface area contributed by atoms with Crippen LogP contribution in [0.1, 0.15) is 19.8 Å². The molecule has 0 bridgehead atoms. The highest BCUT2D eigenvalue weighted by Crippen LogP contribution is 2.23. The van der Waals surface area contributed by atoms with Crippen LogP contribution in [-0.4, -0.2) is 21.7 Å². The molecule has 2 aromatic heterocycles. The third kappa shape index (κ3) is 2.91. The van der Waals surface area contributed by atoms with Gasteiger partial charge in [0, 0.05) is 12.7 Å². The summed E-state index contributed by atoms with van der Waals surface area (Å²) in [6.45, 7) is 3.02. The third-order valence-electron chi connectivity index (χ3n) is 2.28. The second-order valence-electron chi connectivity index (χ2n) is 3.61. The Morgan fingerprint density at radius 2 is 2.35 bits per heavy atom. The number of anilines is 1. The minimum Gasteiger partial charge on any atom is -0.360 e. The van der Waals surface area contributed by atoms with Gasteiger partial charge in [0.2, 0.25) is 5.13 Å². The number of rotatable bonds is 5. The van der Waals surface area contributed by atoms with Gasteiger partial charge in [-0.1, -0.05) is 24.7 Å². The minimum absolute atomic E-state index is 0.135. The van der Waals surface area contributed by atoms with Crippen molar-refractivity contribution in [2.45, 2.75) is 19.8 Å². The molecule has 2 aromatic rings. The highest BCUT2D eigenvalue weighted by Gasteiger charge is 2.08. The summed E-state index contributed by atoms with van der Waals surface area (Å²) in [5.41, 5.74) is 0.428. The van der Waals surface area contributed by atoms with Gasteiger partial charge in [0.25, 0.3) is 5.56 Å². The molecule has 2 rings (SSSR count). The zero-order valence-corrected chi connectivity index (χ0v) is 10.4. The van der Waals surface area contributed by atoms with Crippen LogP contribution in [0.2, 0.25) is 0 Å². The van der Waals surface area contributed by atoms with Crippen molar-refractivity contribution in [2.24, 2.45) is 0 Å². The van der Waals surface area contributed by atoms with Gasteiger partial charge in [-0.3, -0.25) is 4.79 Å². The van der Waals surface area contributed by atoms with Gasteiger partial charge in [0.1, 0.15) is 0 Å². The van der Waals surface area contributed by atoms with Crippen molar-refractivity contribution in [3.05, 3.63) is 28.7 Å². The Morgan fingerprint density at radius 3 is 3.12 bits per heavy atom. The van der Waals surface area contributed by atoms with E-state index in [9.17, 15) is 4.79 Å². The molecule has 0 atom stereocenters. The van der Waals surface area contributed by atoms with Gasteiger partial charge in [0.05, 0.1) is 5.56 Å². The number of hydrogen-bond donors (Lipinski definition) is 2. The summed E-state index contributed by atoms with van der Waals surface area (Å²) < 4.78 is 0. The Morgan fingerprint density at radius 1 is 1.47 bits per heavy atom. The number of hydrogen-bond acceptors (Lipinski definition) is 5. The van der Waals surface area contributed by atoms with E-state index in [1.165, 1.54) is 11.3 Å². The first-order valence-electron chi connectivity index (χ1n) is 5.56. The van der Waals surface area contributed by atoms with E-state index in [4.69, 9.17) is 0 Å². The molecule has 0 spiro atoms. The SMILES string of the molecule is CCCCNc1nnc(-c2ccc[nH]c2=O)s1. The molecule has 0 aromatic carbocycles. The van der Waals surface area contributed by atoms with Gasteiger partial charge in [0.15, 0.2) is 5.01 Å². The number of nitrogens with one attached hydrogen (secondary N) is 2. The van der Waals surface area contributed by atoms with E-state index >= 15 is 0 Å². The van der Waals surface area contributed by atoms with Crippen molar-refractivity contribution in [2.75, 3.05) is 11.9 Å². The molecule has 0 unspecified atom stereocenters. The van der Waals surface area contributed by atoms with Gasteiger partial charge in [-0.05, 0) is 18.6 Å². The Balaban J connectivity index is 2.13. The third-order valence-corrected chi connectivity index (χ3v) is 3.19. The molecule has 0 aliphatic carbocycles. The molecule has 6 heteroatoms. The molecule has 17 heavy (non-hydrogen) atoms. The first kappa shape index (κ1) is 11.8. The first-order valence-corrected chi connectivity index (χ1v) is 6.38. The van der Waals surface area contributed by atoms with E-state index in [-0.39, 0.29) is 5.56 Å². The van der Waals surface area contributed by atoms with Crippen LogP contribution in [0.4, 0.5) is 5.13 Å². The van der Waals surface area contributed by atoms with Crippen LogP contribution in [0.3, 0.4) is 0 Å². The number of aromatic nitrogens is 3. The van der Waals surface area contributed by atoms with E-state index in [2.05, 4.69) is 27.4 Å². The Kier molecular flexibility index (Phi) is 3.87. The fourth-order valence-electron chi connectivity index (χ4n) is 1.37. The lowest BCUT2D eigenvalue weighted by Crippen LogP contribution is -2.06. The van der Waals surface area contributed by atoms with Crippen molar-refractivity contribution in [1.82, 2.24) is 15.2 Å². The number of aromatic amines is 1. The number of nitrogens with zero attached hydrogens (tertiary/aromatic N) is 2. The number of pyridine rings is 1. The minimum atomic E-state index is -0.135. The molecule has 90 valence electrons. The Hall–Kier alpha value is -1.69. The van der Waals surface area contributed by atoms with E-state index < -0.39 is 0 Å². The monoisotopic (exact) mass is 250 g/mol. The van der Waals surface area contributed by atoms with Crippen molar-refractivity contribution < 1.29 is 0 Å². The van der Waals surface area contributed by atoms with Crippen LogP contribution in [0.5, 0.6) is 0 Å². The van der Waals surface area contributed by atoms with Crippen LogP contribution < -0.4 is 10.9 Å². The maximum absolute atomic E-state index is 11.6. The van der Waals surface area contributed by atoms with E-state index in [0.29, 0.717) is 10.6 Å². The molecule has 2 N–H and O–H groups in total. The fourth-order valence-corrected chi connectivity index (χ4v) is 2.16.